The van der Waals surface area contributed by atoms with Gasteiger partial charge in [-0.1, -0.05) is 17.7 Å². The summed E-state index contributed by atoms with van der Waals surface area (Å²) in [6.07, 6.45) is 1.36. The van der Waals surface area contributed by atoms with Gasteiger partial charge in [0.2, 0.25) is 10.0 Å². The average Bonchev–Trinajstić information content (AvgIpc) is 2.55. The van der Waals surface area contributed by atoms with Crippen LogP contribution in [0.1, 0.15) is 13.8 Å². The number of esters is 1. The molecule has 0 aliphatic heterocycles. The summed E-state index contributed by atoms with van der Waals surface area (Å²) in [7, 11) is -2.89. The van der Waals surface area contributed by atoms with E-state index in [2.05, 4.69) is 19.4 Å². The van der Waals surface area contributed by atoms with Crippen molar-refractivity contribution in [1.82, 2.24) is 9.71 Å². The van der Waals surface area contributed by atoms with E-state index in [0.717, 1.165) is 0 Å². The van der Waals surface area contributed by atoms with Crippen LogP contribution in [0.3, 0.4) is 0 Å². The summed E-state index contributed by atoms with van der Waals surface area (Å²) in [5.74, 6) is -0.847. The third-order valence-corrected chi connectivity index (χ3v) is 5.37. The molecule has 1 aromatic heterocycles. The molecule has 0 bridgehead atoms. The van der Waals surface area contributed by atoms with Crippen molar-refractivity contribution in [2.45, 2.75) is 24.3 Å². The van der Waals surface area contributed by atoms with Crippen LogP contribution in [0.4, 0.5) is 5.82 Å². The zero-order chi connectivity index (χ0) is 19.7. The summed E-state index contributed by atoms with van der Waals surface area (Å²) < 4.78 is 32.3. The molecular weight excluding hydrogens is 382 g/mol. The molecule has 0 spiro atoms. The lowest BCUT2D eigenvalue weighted by atomic mass is 10.1. The normalized spacial score (nSPS) is 12.0. The maximum atomic E-state index is 12.7. The number of guanidine groups is 1. The molecule has 2 rings (SSSR count). The highest BCUT2D eigenvalue weighted by molar-refractivity contribution is 7.89. The third kappa shape index (κ3) is 4.03. The Kier molecular flexibility index (Phi) is 5.40. The summed E-state index contributed by atoms with van der Waals surface area (Å²) in [5.41, 5.74) is 9.30. The van der Waals surface area contributed by atoms with Crippen LogP contribution in [0.25, 0.3) is 10.8 Å². The van der Waals surface area contributed by atoms with Crippen LogP contribution >= 0.6 is 11.6 Å². The number of rotatable bonds is 5. The van der Waals surface area contributed by atoms with E-state index in [4.69, 9.17) is 23.1 Å². The largest absolute Gasteiger partial charge is 0.468 e. The molecule has 0 atom stereocenters. The van der Waals surface area contributed by atoms with Gasteiger partial charge in [-0.05, 0) is 26.0 Å². The van der Waals surface area contributed by atoms with Gasteiger partial charge in [-0.3, -0.25) is 4.79 Å². The fourth-order valence-corrected chi connectivity index (χ4v) is 3.85. The fraction of sp³-hybridized carbons (Fsp3) is 0.267. The molecule has 0 aliphatic rings. The Morgan fingerprint density at radius 3 is 2.54 bits per heavy atom. The first-order valence-corrected chi connectivity index (χ1v) is 9.14. The maximum absolute atomic E-state index is 12.7. The summed E-state index contributed by atoms with van der Waals surface area (Å²) in [6, 6.07) is 4.18. The molecule has 0 saturated heterocycles. The van der Waals surface area contributed by atoms with Crippen molar-refractivity contribution in [3.05, 3.63) is 29.4 Å². The van der Waals surface area contributed by atoms with E-state index < -0.39 is 21.5 Å². The van der Waals surface area contributed by atoms with Crippen LogP contribution in [0, 0.1) is 0 Å². The first kappa shape index (κ1) is 19.9. The lowest BCUT2D eigenvalue weighted by Gasteiger charge is -2.23. The number of sulfonamides is 1. The maximum Gasteiger partial charge on any atom is 0.326 e. The van der Waals surface area contributed by atoms with Crippen LogP contribution in [0.15, 0.2) is 34.3 Å². The summed E-state index contributed by atoms with van der Waals surface area (Å²) >= 11 is 6.10. The Balaban J connectivity index is 2.60. The van der Waals surface area contributed by atoms with Gasteiger partial charge in [0, 0.05) is 17.0 Å². The first-order valence-electron chi connectivity index (χ1n) is 7.28. The van der Waals surface area contributed by atoms with Crippen molar-refractivity contribution < 1.29 is 17.9 Å². The van der Waals surface area contributed by atoms with Crippen molar-refractivity contribution in [1.29, 1.82) is 0 Å². The van der Waals surface area contributed by atoms with Crippen LogP contribution in [0.5, 0.6) is 0 Å². The Bertz CT molecular complexity index is 1000. The van der Waals surface area contributed by atoms with Crippen molar-refractivity contribution in [2.24, 2.45) is 16.5 Å². The fourth-order valence-electron chi connectivity index (χ4n) is 2.24. The number of aromatic nitrogens is 1. The first-order chi connectivity index (χ1) is 12.0. The van der Waals surface area contributed by atoms with Crippen LogP contribution in [-0.2, 0) is 19.6 Å². The number of hydrogen-bond acceptors (Lipinski definition) is 6. The van der Waals surface area contributed by atoms with E-state index in [1.165, 1.54) is 45.4 Å². The van der Waals surface area contributed by atoms with Gasteiger partial charge in [-0.15, -0.1) is 0 Å². The molecule has 1 heterocycles. The quantitative estimate of drug-likeness (QED) is 0.386. The average molecular weight is 400 g/mol. The van der Waals surface area contributed by atoms with Gasteiger partial charge in [0.15, 0.2) is 11.8 Å². The van der Waals surface area contributed by atoms with Crippen molar-refractivity contribution >= 4 is 50.1 Å². The molecule has 5 N–H and O–H groups in total. The molecule has 0 fully saturated rings. The number of ether oxygens (including phenoxy) is 1. The van der Waals surface area contributed by atoms with Gasteiger partial charge < -0.3 is 16.2 Å². The predicted molar refractivity (Wildman–Crippen MR) is 98.6 cm³/mol. The van der Waals surface area contributed by atoms with E-state index in [-0.39, 0.29) is 16.7 Å². The molecule has 0 radical (unpaired) electrons. The lowest BCUT2D eigenvalue weighted by Crippen LogP contribution is -2.50. The number of fused-ring (bicyclic) bond motifs is 1. The number of carbonyl (C=O) groups is 1. The monoisotopic (exact) mass is 399 g/mol. The Morgan fingerprint density at radius 2 is 1.96 bits per heavy atom. The zero-order valence-corrected chi connectivity index (χ0v) is 15.9. The topological polar surface area (TPSA) is 150 Å². The molecule has 0 aliphatic carbocycles. The summed E-state index contributed by atoms with van der Waals surface area (Å²) in [4.78, 5) is 19.5. The second-order valence-corrected chi connectivity index (χ2v) is 7.99. The highest BCUT2D eigenvalue weighted by Crippen LogP contribution is 2.31. The van der Waals surface area contributed by atoms with E-state index in [0.29, 0.717) is 15.8 Å². The number of nitrogens with two attached hydrogens (primary N) is 2. The van der Waals surface area contributed by atoms with E-state index in [9.17, 15) is 13.2 Å². The molecule has 11 heteroatoms. The number of aliphatic imine (C=N–C) groups is 1. The smallest absolute Gasteiger partial charge is 0.326 e. The molecule has 0 saturated carbocycles. The van der Waals surface area contributed by atoms with Gasteiger partial charge in [0.05, 0.1) is 17.0 Å². The molecular formula is C15H18ClN5O4S. The summed E-state index contributed by atoms with van der Waals surface area (Å²) in [5, 5.41) is 1.17. The van der Waals surface area contributed by atoms with Crippen molar-refractivity contribution in [2.75, 3.05) is 7.11 Å². The minimum atomic E-state index is -4.06. The van der Waals surface area contributed by atoms with Crippen LogP contribution in [0.2, 0.25) is 5.02 Å². The number of pyridine rings is 1. The van der Waals surface area contributed by atoms with E-state index >= 15 is 0 Å². The van der Waals surface area contributed by atoms with Crippen molar-refractivity contribution in [3.63, 3.8) is 0 Å². The summed E-state index contributed by atoms with van der Waals surface area (Å²) in [6.45, 7) is 2.78. The van der Waals surface area contributed by atoms with Crippen LogP contribution < -0.4 is 16.2 Å². The van der Waals surface area contributed by atoms with Gasteiger partial charge >= 0.3 is 5.97 Å². The number of benzene rings is 1. The highest BCUT2D eigenvalue weighted by atomic mass is 35.5. The highest BCUT2D eigenvalue weighted by Gasteiger charge is 2.34. The number of nitrogens with one attached hydrogen (secondary N) is 1. The second-order valence-electron chi connectivity index (χ2n) is 5.90. The molecule has 0 unspecified atom stereocenters. The number of halogens is 1. The van der Waals surface area contributed by atoms with Gasteiger partial charge in [-0.25, -0.2) is 13.4 Å². The minimum Gasteiger partial charge on any atom is -0.468 e. The Hall–Kier alpha value is -2.43. The molecule has 2 aromatic rings. The van der Waals surface area contributed by atoms with Crippen LogP contribution in [-0.4, -0.2) is 38.0 Å². The van der Waals surface area contributed by atoms with Gasteiger partial charge in [-0.2, -0.15) is 9.71 Å². The Morgan fingerprint density at radius 1 is 1.31 bits per heavy atom. The standard InChI is InChI=1S/C15H18ClN5O4S/c1-15(2,13(22)25-3)21-26(23,24)8-4-5-9-10(6-8)12(20-14(17)18)19-7-11(9)16/h4-7,21H,1-3H3,(H4,17,18,19,20). The molecule has 26 heavy (non-hydrogen) atoms. The predicted octanol–water partition coefficient (Wildman–Crippen LogP) is 1.02. The number of hydrogen-bond donors (Lipinski definition) is 3. The zero-order valence-electron chi connectivity index (χ0n) is 14.3. The van der Waals surface area contributed by atoms with Gasteiger partial charge in [0.25, 0.3) is 0 Å². The number of carbonyl (C=O) groups excluding carboxylic acids is 1. The molecule has 9 nitrogen and oxygen atoms in total. The minimum absolute atomic E-state index is 0.113. The van der Waals surface area contributed by atoms with Crippen molar-refractivity contribution in [3.8, 4) is 0 Å². The molecule has 0 amide bonds. The SMILES string of the molecule is COC(=O)C(C)(C)NS(=O)(=O)c1ccc2c(Cl)cnc(N=C(N)N)c2c1. The third-order valence-electron chi connectivity index (χ3n) is 3.42. The second kappa shape index (κ2) is 7.06. The number of nitrogens with zero attached hydrogens (tertiary/aromatic N) is 2. The van der Waals surface area contributed by atoms with E-state index in [1.54, 1.807) is 0 Å². The lowest BCUT2D eigenvalue weighted by molar-refractivity contribution is -0.146. The van der Waals surface area contributed by atoms with Gasteiger partial charge in [0.1, 0.15) is 5.54 Å². The number of methoxy groups -OCH3 is 1. The molecule has 140 valence electrons. The Labute approximate surface area is 155 Å². The molecule has 1 aromatic carbocycles. The van der Waals surface area contributed by atoms with E-state index in [1.807, 2.05) is 0 Å².